The molecule has 1 amide bonds. The van der Waals surface area contributed by atoms with E-state index in [1.165, 1.54) is 0 Å². The summed E-state index contributed by atoms with van der Waals surface area (Å²) in [5.74, 6) is 0.0739. The fourth-order valence-electron chi connectivity index (χ4n) is 2.43. The van der Waals surface area contributed by atoms with Gasteiger partial charge in [0.05, 0.1) is 17.5 Å². The molecule has 0 saturated carbocycles. The Labute approximate surface area is 127 Å². The van der Waals surface area contributed by atoms with Crippen molar-refractivity contribution in [1.29, 1.82) is 0 Å². The first-order valence-corrected chi connectivity index (χ1v) is 7.05. The number of likely N-dealkylation sites (N-methyl/N-ethyl adjacent to an activating group) is 1. The molecule has 0 radical (unpaired) electrons. The minimum absolute atomic E-state index is 0.0739. The molecule has 5 heteroatoms. The van der Waals surface area contributed by atoms with Gasteiger partial charge in [0.15, 0.2) is 0 Å². The van der Waals surface area contributed by atoms with Crippen LogP contribution in [0.1, 0.15) is 5.56 Å². The molecular weight excluding hydrogens is 278 g/mol. The number of para-hydroxylation sites is 1. The summed E-state index contributed by atoms with van der Waals surface area (Å²) in [6.45, 7) is 0. The van der Waals surface area contributed by atoms with Crippen LogP contribution in [0, 0.1) is 0 Å². The molecule has 1 heterocycles. The number of aromatic amines is 2. The molecule has 2 aromatic carbocycles. The van der Waals surface area contributed by atoms with Crippen molar-refractivity contribution in [2.24, 2.45) is 0 Å². The number of rotatable bonds is 3. The van der Waals surface area contributed by atoms with Gasteiger partial charge in [-0.25, -0.2) is 4.79 Å². The van der Waals surface area contributed by atoms with E-state index in [-0.39, 0.29) is 11.6 Å². The van der Waals surface area contributed by atoms with E-state index in [4.69, 9.17) is 0 Å². The van der Waals surface area contributed by atoms with E-state index in [2.05, 4.69) is 9.97 Å². The summed E-state index contributed by atoms with van der Waals surface area (Å²) >= 11 is 0. The lowest BCUT2D eigenvalue weighted by molar-refractivity contribution is -0.127. The van der Waals surface area contributed by atoms with Crippen LogP contribution in [-0.4, -0.2) is 34.9 Å². The maximum absolute atomic E-state index is 11.7. The molecule has 0 unspecified atom stereocenters. The molecule has 0 atom stereocenters. The number of carbonyl (C=O) groups is 1. The number of hydrogen-bond acceptors (Lipinski definition) is 2. The third-order valence-corrected chi connectivity index (χ3v) is 3.67. The molecule has 0 bridgehead atoms. The zero-order valence-electron chi connectivity index (χ0n) is 12.5. The Morgan fingerprint density at radius 2 is 1.77 bits per heavy atom. The molecule has 2 N–H and O–H groups in total. The van der Waals surface area contributed by atoms with E-state index in [1.54, 1.807) is 19.0 Å². The summed E-state index contributed by atoms with van der Waals surface area (Å²) in [6.07, 6.45) is 0.387. The Bertz CT molecular complexity index is 873. The summed E-state index contributed by atoms with van der Waals surface area (Å²) in [7, 11) is 3.50. The van der Waals surface area contributed by atoms with E-state index < -0.39 is 0 Å². The number of fused-ring (bicyclic) bond motifs is 1. The van der Waals surface area contributed by atoms with Gasteiger partial charge in [-0.15, -0.1) is 0 Å². The van der Waals surface area contributed by atoms with Gasteiger partial charge in [0.25, 0.3) is 0 Å². The fraction of sp³-hybridized carbons (Fsp3) is 0.176. The van der Waals surface area contributed by atoms with Gasteiger partial charge in [-0.1, -0.05) is 36.4 Å². The summed E-state index contributed by atoms with van der Waals surface area (Å²) in [4.78, 5) is 30.3. The zero-order valence-corrected chi connectivity index (χ0v) is 12.5. The summed E-state index contributed by atoms with van der Waals surface area (Å²) < 4.78 is 0. The van der Waals surface area contributed by atoms with Crippen molar-refractivity contribution in [1.82, 2.24) is 14.9 Å². The average molecular weight is 295 g/mol. The molecule has 5 nitrogen and oxygen atoms in total. The number of hydrogen-bond donors (Lipinski definition) is 2. The van der Waals surface area contributed by atoms with Crippen LogP contribution in [0.5, 0.6) is 0 Å². The predicted octanol–water partition coefficient (Wildman–Crippen LogP) is 2.15. The van der Waals surface area contributed by atoms with Crippen molar-refractivity contribution in [3.63, 3.8) is 0 Å². The third kappa shape index (κ3) is 2.65. The number of benzene rings is 2. The molecule has 0 aliphatic carbocycles. The lowest BCUT2D eigenvalue weighted by atomic mass is 10.0. The van der Waals surface area contributed by atoms with Crippen molar-refractivity contribution < 1.29 is 4.79 Å². The number of amides is 1. The monoisotopic (exact) mass is 295 g/mol. The van der Waals surface area contributed by atoms with Gasteiger partial charge >= 0.3 is 5.69 Å². The molecule has 3 aromatic rings. The van der Waals surface area contributed by atoms with E-state index in [9.17, 15) is 9.59 Å². The number of H-pyrrole nitrogens is 2. The van der Waals surface area contributed by atoms with Crippen LogP contribution in [0.2, 0.25) is 0 Å². The Balaban J connectivity index is 1.95. The molecule has 0 fully saturated rings. The van der Waals surface area contributed by atoms with Gasteiger partial charge in [-0.2, -0.15) is 0 Å². The van der Waals surface area contributed by atoms with Crippen molar-refractivity contribution >= 4 is 16.9 Å². The van der Waals surface area contributed by atoms with E-state index >= 15 is 0 Å². The molecule has 112 valence electrons. The number of aromatic nitrogens is 2. The maximum Gasteiger partial charge on any atom is 0.323 e. The quantitative estimate of drug-likeness (QED) is 0.777. The number of carbonyl (C=O) groups excluding carboxylic acids is 1. The molecule has 1 aromatic heterocycles. The van der Waals surface area contributed by atoms with E-state index in [0.29, 0.717) is 6.42 Å². The standard InChI is InChI=1S/C17H17N3O2/c1-20(2)15(21)10-11-6-8-12(9-7-11)13-4-3-5-14-16(13)19-17(22)18-14/h3-9H,10H2,1-2H3,(H2,18,19,22). The van der Waals surface area contributed by atoms with Gasteiger partial charge in [0.1, 0.15) is 0 Å². The van der Waals surface area contributed by atoms with Crippen molar-refractivity contribution in [3.8, 4) is 11.1 Å². The van der Waals surface area contributed by atoms with Crippen molar-refractivity contribution in [3.05, 3.63) is 58.5 Å². The maximum atomic E-state index is 11.7. The lowest BCUT2D eigenvalue weighted by Crippen LogP contribution is -2.23. The molecule has 0 aliphatic rings. The third-order valence-electron chi connectivity index (χ3n) is 3.67. The SMILES string of the molecule is CN(C)C(=O)Cc1ccc(-c2cccc3[nH]c(=O)[nH]c23)cc1. The molecule has 3 rings (SSSR count). The fourth-order valence-corrected chi connectivity index (χ4v) is 2.43. The summed E-state index contributed by atoms with van der Waals surface area (Å²) in [5, 5.41) is 0. The van der Waals surface area contributed by atoms with Gasteiger partial charge in [0, 0.05) is 19.7 Å². The number of nitrogens with zero attached hydrogens (tertiary/aromatic N) is 1. The highest BCUT2D eigenvalue weighted by Gasteiger charge is 2.08. The number of nitrogens with one attached hydrogen (secondary N) is 2. The zero-order chi connectivity index (χ0) is 15.7. The second-order valence-electron chi connectivity index (χ2n) is 5.47. The highest BCUT2D eigenvalue weighted by atomic mass is 16.2. The Kier molecular flexibility index (Phi) is 3.55. The first kappa shape index (κ1) is 14.1. The van der Waals surface area contributed by atoms with Crippen LogP contribution in [-0.2, 0) is 11.2 Å². The molecular formula is C17H17N3O2. The molecule has 0 aliphatic heterocycles. The predicted molar refractivity (Wildman–Crippen MR) is 86.8 cm³/mol. The first-order valence-electron chi connectivity index (χ1n) is 7.05. The Morgan fingerprint density at radius 3 is 2.45 bits per heavy atom. The van der Waals surface area contributed by atoms with Crippen LogP contribution >= 0.6 is 0 Å². The Morgan fingerprint density at radius 1 is 1.05 bits per heavy atom. The highest BCUT2D eigenvalue weighted by Crippen LogP contribution is 2.26. The summed E-state index contributed by atoms with van der Waals surface area (Å²) in [5.41, 5.74) is 4.30. The van der Waals surface area contributed by atoms with Crippen LogP contribution < -0.4 is 5.69 Å². The van der Waals surface area contributed by atoms with Gasteiger partial charge in [-0.05, 0) is 17.2 Å². The van der Waals surface area contributed by atoms with Crippen LogP contribution in [0.4, 0.5) is 0 Å². The second kappa shape index (κ2) is 5.52. The molecule has 22 heavy (non-hydrogen) atoms. The van der Waals surface area contributed by atoms with Gasteiger partial charge < -0.3 is 14.9 Å². The van der Waals surface area contributed by atoms with Crippen LogP contribution in [0.15, 0.2) is 47.3 Å². The lowest BCUT2D eigenvalue weighted by Gasteiger charge is -2.10. The topological polar surface area (TPSA) is 69.0 Å². The first-order chi connectivity index (χ1) is 10.5. The Hall–Kier alpha value is -2.82. The van der Waals surface area contributed by atoms with E-state index in [0.717, 1.165) is 27.7 Å². The highest BCUT2D eigenvalue weighted by molar-refractivity contribution is 5.91. The summed E-state index contributed by atoms with van der Waals surface area (Å²) in [6, 6.07) is 13.6. The van der Waals surface area contributed by atoms with Crippen molar-refractivity contribution in [2.45, 2.75) is 6.42 Å². The van der Waals surface area contributed by atoms with Crippen molar-refractivity contribution in [2.75, 3.05) is 14.1 Å². The average Bonchev–Trinajstić information content (AvgIpc) is 2.88. The number of imidazole rings is 1. The normalized spacial score (nSPS) is 10.8. The van der Waals surface area contributed by atoms with Crippen LogP contribution in [0.25, 0.3) is 22.2 Å². The largest absolute Gasteiger partial charge is 0.349 e. The molecule has 0 spiro atoms. The minimum Gasteiger partial charge on any atom is -0.349 e. The molecule has 0 saturated heterocycles. The van der Waals surface area contributed by atoms with Crippen LogP contribution in [0.3, 0.4) is 0 Å². The van der Waals surface area contributed by atoms with Gasteiger partial charge in [-0.3, -0.25) is 4.79 Å². The smallest absolute Gasteiger partial charge is 0.323 e. The van der Waals surface area contributed by atoms with E-state index in [1.807, 2.05) is 42.5 Å². The minimum atomic E-state index is -0.212. The second-order valence-corrected chi connectivity index (χ2v) is 5.47. The van der Waals surface area contributed by atoms with Gasteiger partial charge in [0.2, 0.25) is 5.91 Å².